The van der Waals surface area contributed by atoms with Crippen LogP contribution in [0.3, 0.4) is 0 Å². The third-order valence-corrected chi connectivity index (χ3v) is 10.0. The quantitative estimate of drug-likeness (QED) is 0.0882. The Labute approximate surface area is 309 Å². The molecule has 7 rings (SSSR count). The van der Waals surface area contributed by atoms with Gasteiger partial charge in [0.1, 0.15) is 36.9 Å². The third-order valence-electron chi connectivity index (χ3n) is 10.0. The molecule has 0 aliphatic heterocycles. The molecule has 0 amide bonds. The van der Waals surface area contributed by atoms with Crippen molar-refractivity contribution in [1.29, 1.82) is 0 Å². The van der Waals surface area contributed by atoms with Gasteiger partial charge < -0.3 is 39.4 Å². The maximum atomic E-state index is 9.76. The standard InChI is InChI=1S/C45H46O8/c1-29(50-27-31(48)23-46)25-52-43-21-9-13-35-37(43)15-7-19-41(35)45(39-17-5-3-11-33(39)34-12-4-6-18-40(34)45)42-20-8-16-38-36(42)14-10-22-44(38)53-26-30(2)51-28-32(49)24-47/h3-22,29-32,46-49H,23-28H2,1-2H3. The second-order valence-electron chi connectivity index (χ2n) is 13.7. The summed E-state index contributed by atoms with van der Waals surface area (Å²) in [6.07, 6.45) is -2.47. The molecule has 0 radical (unpaired) electrons. The first kappa shape index (κ1) is 36.6. The van der Waals surface area contributed by atoms with Crippen LogP contribution < -0.4 is 9.47 Å². The van der Waals surface area contributed by atoms with Crippen LogP contribution in [0.5, 0.6) is 11.5 Å². The number of aliphatic hydroxyl groups excluding tert-OH is 4. The number of ether oxygens (including phenoxy) is 4. The van der Waals surface area contributed by atoms with Crippen molar-refractivity contribution in [3.8, 4) is 22.6 Å². The number of fused-ring (bicyclic) bond motifs is 5. The second-order valence-corrected chi connectivity index (χ2v) is 13.7. The van der Waals surface area contributed by atoms with E-state index in [1.54, 1.807) is 0 Å². The molecule has 1 aliphatic carbocycles. The number of aliphatic hydroxyl groups is 4. The number of hydrogen-bond donors (Lipinski definition) is 4. The van der Waals surface area contributed by atoms with Crippen molar-refractivity contribution in [2.45, 2.75) is 43.7 Å². The van der Waals surface area contributed by atoms with E-state index in [0.29, 0.717) is 0 Å². The van der Waals surface area contributed by atoms with Gasteiger partial charge in [-0.3, -0.25) is 0 Å². The lowest BCUT2D eigenvalue weighted by Crippen LogP contribution is -2.29. The van der Waals surface area contributed by atoms with E-state index in [9.17, 15) is 20.4 Å². The zero-order chi connectivity index (χ0) is 37.0. The predicted octanol–water partition coefficient (Wildman–Crippen LogP) is 6.63. The summed E-state index contributed by atoms with van der Waals surface area (Å²) in [5, 5.41) is 41.9. The minimum absolute atomic E-state index is 0.0292. The molecule has 4 unspecified atom stereocenters. The maximum absolute atomic E-state index is 9.76. The minimum Gasteiger partial charge on any atom is -0.490 e. The first-order chi connectivity index (χ1) is 25.9. The van der Waals surface area contributed by atoms with Gasteiger partial charge in [0.2, 0.25) is 0 Å². The van der Waals surface area contributed by atoms with E-state index in [0.717, 1.165) is 44.2 Å². The molecule has 6 aromatic carbocycles. The molecule has 8 nitrogen and oxygen atoms in total. The molecule has 0 aromatic heterocycles. The van der Waals surface area contributed by atoms with Crippen molar-refractivity contribution in [1.82, 2.24) is 0 Å². The summed E-state index contributed by atoms with van der Waals surface area (Å²) < 4.78 is 24.2. The van der Waals surface area contributed by atoms with Gasteiger partial charge >= 0.3 is 0 Å². The summed E-state index contributed by atoms with van der Waals surface area (Å²) in [5.41, 5.74) is 6.28. The smallest absolute Gasteiger partial charge is 0.127 e. The molecular weight excluding hydrogens is 668 g/mol. The summed E-state index contributed by atoms with van der Waals surface area (Å²) in [5.74, 6) is 1.46. The summed E-state index contributed by atoms with van der Waals surface area (Å²) in [4.78, 5) is 0. The zero-order valence-electron chi connectivity index (χ0n) is 30.0. The summed E-state index contributed by atoms with van der Waals surface area (Å²) >= 11 is 0. The van der Waals surface area contributed by atoms with E-state index in [-0.39, 0.29) is 51.8 Å². The molecule has 6 aromatic rings. The van der Waals surface area contributed by atoms with Crippen molar-refractivity contribution in [3.63, 3.8) is 0 Å². The van der Waals surface area contributed by atoms with E-state index in [1.807, 2.05) is 38.1 Å². The number of benzene rings is 6. The monoisotopic (exact) mass is 714 g/mol. The van der Waals surface area contributed by atoms with Gasteiger partial charge in [0, 0.05) is 10.8 Å². The fourth-order valence-corrected chi connectivity index (χ4v) is 7.60. The van der Waals surface area contributed by atoms with E-state index in [4.69, 9.17) is 18.9 Å². The fraction of sp³-hybridized carbons (Fsp3) is 0.289. The molecule has 0 saturated carbocycles. The van der Waals surface area contributed by atoms with Crippen LogP contribution in [0.2, 0.25) is 0 Å². The van der Waals surface area contributed by atoms with Gasteiger partial charge in [-0.15, -0.1) is 0 Å². The van der Waals surface area contributed by atoms with Crippen LogP contribution in [0.15, 0.2) is 121 Å². The second kappa shape index (κ2) is 16.1. The van der Waals surface area contributed by atoms with E-state index in [2.05, 4.69) is 97.1 Å². The van der Waals surface area contributed by atoms with Crippen molar-refractivity contribution >= 4 is 21.5 Å². The molecule has 0 saturated heterocycles. The Hall–Kier alpha value is -4.80. The van der Waals surface area contributed by atoms with Gasteiger partial charge in [0.15, 0.2) is 0 Å². The Bertz CT molecular complexity index is 2030. The molecule has 4 N–H and O–H groups in total. The lowest BCUT2D eigenvalue weighted by Gasteiger charge is -2.36. The Morgan fingerprint density at radius 3 is 1.26 bits per heavy atom. The Balaban J connectivity index is 1.37. The van der Waals surface area contributed by atoms with Crippen LogP contribution in [0.25, 0.3) is 32.7 Å². The molecule has 53 heavy (non-hydrogen) atoms. The topological polar surface area (TPSA) is 118 Å². The van der Waals surface area contributed by atoms with Crippen LogP contribution in [0.1, 0.15) is 36.1 Å². The average molecular weight is 715 g/mol. The molecular formula is C45H46O8. The van der Waals surface area contributed by atoms with E-state index >= 15 is 0 Å². The van der Waals surface area contributed by atoms with Crippen LogP contribution in [-0.2, 0) is 14.9 Å². The molecule has 0 fully saturated rings. The van der Waals surface area contributed by atoms with Crippen molar-refractivity contribution in [3.05, 3.63) is 144 Å². The average Bonchev–Trinajstić information content (AvgIpc) is 3.50. The van der Waals surface area contributed by atoms with Gasteiger partial charge in [-0.25, -0.2) is 0 Å². The molecule has 1 aliphatic rings. The van der Waals surface area contributed by atoms with Crippen LogP contribution in [0.4, 0.5) is 0 Å². The van der Waals surface area contributed by atoms with Crippen molar-refractivity contribution in [2.24, 2.45) is 0 Å². The number of rotatable bonds is 16. The third kappa shape index (κ3) is 7.02. The highest BCUT2D eigenvalue weighted by atomic mass is 16.5. The molecule has 274 valence electrons. The van der Waals surface area contributed by atoms with Crippen LogP contribution in [-0.4, -0.2) is 84.5 Å². The SMILES string of the molecule is CC(COc1cccc2c(C3(c4cccc5c(OCC(C)OCC(O)CO)cccc45)c4ccccc4-c4ccccc43)cccc12)OCC(O)CO. The van der Waals surface area contributed by atoms with Crippen LogP contribution in [0, 0.1) is 0 Å². The Kier molecular flexibility index (Phi) is 11.1. The van der Waals surface area contributed by atoms with Gasteiger partial charge in [-0.2, -0.15) is 0 Å². The molecule has 8 heteroatoms. The fourth-order valence-electron chi connectivity index (χ4n) is 7.60. The molecule has 4 atom stereocenters. The number of hydrogen-bond acceptors (Lipinski definition) is 8. The molecule has 0 heterocycles. The van der Waals surface area contributed by atoms with Gasteiger partial charge in [-0.05, 0) is 70.1 Å². The first-order valence-electron chi connectivity index (χ1n) is 18.2. The highest BCUT2D eigenvalue weighted by Crippen LogP contribution is 2.58. The Morgan fingerprint density at radius 2 is 0.830 bits per heavy atom. The van der Waals surface area contributed by atoms with Crippen LogP contribution >= 0.6 is 0 Å². The highest BCUT2D eigenvalue weighted by Gasteiger charge is 2.47. The van der Waals surface area contributed by atoms with Gasteiger partial charge in [0.05, 0.1) is 44.1 Å². The minimum atomic E-state index is -0.933. The lowest BCUT2D eigenvalue weighted by atomic mass is 9.65. The molecule has 0 spiro atoms. The first-order valence-corrected chi connectivity index (χ1v) is 18.2. The predicted molar refractivity (Wildman–Crippen MR) is 207 cm³/mol. The van der Waals surface area contributed by atoms with Crippen molar-refractivity contribution in [2.75, 3.05) is 39.6 Å². The highest BCUT2D eigenvalue weighted by molar-refractivity contribution is 6.00. The summed E-state index contributed by atoms with van der Waals surface area (Å²) in [7, 11) is 0. The van der Waals surface area contributed by atoms with Crippen molar-refractivity contribution < 1.29 is 39.4 Å². The normalized spacial score (nSPS) is 15.4. The zero-order valence-corrected chi connectivity index (χ0v) is 30.0. The van der Waals surface area contributed by atoms with Gasteiger partial charge in [0.25, 0.3) is 0 Å². The Morgan fingerprint density at radius 1 is 0.453 bits per heavy atom. The molecule has 0 bridgehead atoms. The van der Waals surface area contributed by atoms with E-state index in [1.165, 1.54) is 22.3 Å². The summed E-state index contributed by atoms with van der Waals surface area (Å²) in [6.45, 7) is 3.66. The van der Waals surface area contributed by atoms with Gasteiger partial charge in [-0.1, -0.05) is 109 Å². The lowest BCUT2D eigenvalue weighted by molar-refractivity contribution is -0.0352. The maximum Gasteiger partial charge on any atom is 0.127 e. The largest absolute Gasteiger partial charge is 0.490 e. The van der Waals surface area contributed by atoms with E-state index < -0.39 is 17.6 Å². The summed E-state index contributed by atoms with van der Waals surface area (Å²) in [6, 6.07) is 42.5.